The molecule has 1 aliphatic heterocycles. The van der Waals surface area contributed by atoms with Crippen molar-refractivity contribution in [1.82, 2.24) is 19.9 Å². The lowest BCUT2D eigenvalue weighted by Crippen LogP contribution is -2.34. The van der Waals surface area contributed by atoms with E-state index in [0.717, 1.165) is 24.3 Å². The average molecular weight is 337 g/mol. The molecule has 6 heteroatoms. The zero-order valence-electron chi connectivity index (χ0n) is 14.3. The molecule has 1 amide bonds. The van der Waals surface area contributed by atoms with Gasteiger partial charge in [0.25, 0.3) is 0 Å². The van der Waals surface area contributed by atoms with Gasteiger partial charge in [-0.15, -0.1) is 0 Å². The predicted molar refractivity (Wildman–Crippen MR) is 95.8 cm³/mol. The van der Waals surface area contributed by atoms with Gasteiger partial charge in [0.15, 0.2) is 0 Å². The lowest BCUT2D eigenvalue weighted by molar-refractivity contribution is -0.129. The first-order valence-corrected chi connectivity index (χ1v) is 9.06. The van der Waals surface area contributed by atoms with Crippen molar-refractivity contribution in [1.29, 1.82) is 0 Å². The van der Waals surface area contributed by atoms with Gasteiger partial charge in [0.1, 0.15) is 0 Å². The molecule has 130 valence electrons. The highest BCUT2D eigenvalue weighted by Gasteiger charge is 2.35. The number of anilines is 1. The Hall–Kier alpha value is -2.50. The minimum absolute atomic E-state index is 0.309. The Balaban J connectivity index is 1.36. The van der Waals surface area contributed by atoms with Crippen molar-refractivity contribution in [2.75, 3.05) is 18.4 Å². The van der Waals surface area contributed by atoms with Gasteiger partial charge in [-0.2, -0.15) is 0 Å². The van der Waals surface area contributed by atoms with E-state index in [9.17, 15) is 4.79 Å². The average Bonchev–Trinajstić information content (AvgIpc) is 3.30. The molecule has 2 aromatic rings. The van der Waals surface area contributed by atoms with E-state index < -0.39 is 0 Å². The summed E-state index contributed by atoms with van der Waals surface area (Å²) in [6, 6.07) is 6.23. The van der Waals surface area contributed by atoms with Crippen molar-refractivity contribution < 1.29 is 4.79 Å². The second-order valence-electron chi connectivity index (χ2n) is 6.94. The van der Waals surface area contributed by atoms with Crippen LogP contribution in [0, 0.1) is 5.92 Å². The number of nitrogens with one attached hydrogen (secondary N) is 1. The summed E-state index contributed by atoms with van der Waals surface area (Å²) in [5.74, 6) is 1.25. The number of carbonyl (C=O) groups excluding carboxylic acids is 1. The van der Waals surface area contributed by atoms with Crippen LogP contribution >= 0.6 is 0 Å². The van der Waals surface area contributed by atoms with E-state index in [-0.39, 0.29) is 0 Å². The summed E-state index contributed by atoms with van der Waals surface area (Å²) in [6.45, 7) is 1.59. The van der Waals surface area contributed by atoms with Gasteiger partial charge in [0.05, 0.1) is 5.69 Å². The first kappa shape index (κ1) is 16.0. The highest BCUT2D eigenvalue weighted by Crippen LogP contribution is 2.29. The van der Waals surface area contributed by atoms with Crippen LogP contribution in [0.2, 0.25) is 0 Å². The molecule has 0 unspecified atom stereocenters. The topological polar surface area (TPSA) is 71.0 Å². The van der Waals surface area contributed by atoms with Gasteiger partial charge in [-0.05, 0) is 31.0 Å². The molecule has 1 N–H and O–H groups in total. The van der Waals surface area contributed by atoms with Crippen molar-refractivity contribution in [3.63, 3.8) is 0 Å². The zero-order chi connectivity index (χ0) is 17.1. The van der Waals surface area contributed by atoms with Gasteiger partial charge in [-0.3, -0.25) is 9.78 Å². The number of pyridine rings is 1. The van der Waals surface area contributed by atoms with Crippen LogP contribution in [0.25, 0.3) is 11.3 Å². The quantitative estimate of drug-likeness (QED) is 0.908. The van der Waals surface area contributed by atoms with Crippen LogP contribution in [0.3, 0.4) is 0 Å². The normalized spacial score (nSPS) is 21.0. The Morgan fingerprint density at radius 1 is 1.20 bits per heavy atom. The molecule has 1 aliphatic carbocycles. The second-order valence-corrected chi connectivity index (χ2v) is 6.94. The smallest absolute Gasteiger partial charge is 0.223 e. The van der Waals surface area contributed by atoms with Gasteiger partial charge >= 0.3 is 0 Å². The van der Waals surface area contributed by atoms with Gasteiger partial charge in [0.2, 0.25) is 11.9 Å². The number of carbonyl (C=O) groups is 1. The van der Waals surface area contributed by atoms with Gasteiger partial charge in [-0.1, -0.05) is 12.8 Å². The van der Waals surface area contributed by atoms with Crippen LogP contribution in [0.5, 0.6) is 0 Å². The highest BCUT2D eigenvalue weighted by molar-refractivity contribution is 5.79. The fraction of sp³-hybridized carbons (Fsp3) is 0.474. The van der Waals surface area contributed by atoms with Gasteiger partial charge in [0, 0.05) is 55.6 Å². The Kier molecular flexibility index (Phi) is 4.59. The Morgan fingerprint density at radius 3 is 2.88 bits per heavy atom. The van der Waals surface area contributed by atoms with E-state index in [1.165, 1.54) is 25.7 Å². The summed E-state index contributed by atoms with van der Waals surface area (Å²) in [7, 11) is 0. The molecule has 2 fully saturated rings. The molecule has 0 aromatic carbocycles. The summed E-state index contributed by atoms with van der Waals surface area (Å²) in [5, 5.41) is 3.31. The van der Waals surface area contributed by atoms with E-state index in [1.54, 1.807) is 18.6 Å². The molecule has 1 saturated heterocycles. The molecule has 0 spiro atoms. The number of amides is 1. The number of hydrogen-bond acceptors (Lipinski definition) is 5. The van der Waals surface area contributed by atoms with E-state index in [2.05, 4.69) is 25.2 Å². The van der Waals surface area contributed by atoms with Crippen molar-refractivity contribution >= 4 is 11.9 Å². The maximum atomic E-state index is 12.3. The summed E-state index contributed by atoms with van der Waals surface area (Å²) in [6.07, 6.45) is 10.8. The Labute approximate surface area is 147 Å². The monoisotopic (exact) mass is 337 g/mol. The first-order chi connectivity index (χ1) is 12.3. The molecule has 2 aliphatic rings. The first-order valence-electron chi connectivity index (χ1n) is 9.06. The van der Waals surface area contributed by atoms with Crippen LogP contribution in [0.4, 0.5) is 5.95 Å². The molecule has 6 nitrogen and oxygen atoms in total. The third-order valence-corrected chi connectivity index (χ3v) is 5.17. The largest absolute Gasteiger partial charge is 0.354 e. The Morgan fingerprint density at radius 2 is 2.08 bits per heavy atom. The molecule has 3 heterocycles. The van der Waals surface area contributed by atoms with Crippen molar-refractivity contribution in [2.45, 2.75) is 38.1 Å². The SMILES string of the molecule is O=C1C[C@@H](CNc2nccc(-c3cccnc3)n2)CN1C1CCCC1. The van der Waals surface area contributed by atoms with Crippen molar-refractivity contribution in [3.05, 3.63) is 36.8 Å². The van der Waals surface area contributed by atoms with Crippen LogP contribution in [0.15, 0.2) is 36.8 Å². The van der Waals surface area contributed by atoms with E-state index in [4.69, 9.17) is 0 Å². The summed E-state index contributed by atoms with van der Waals surface area (Å²) in [5.41, 5.74) is 1.82. The Bertz CT molecular complexity index is 730. The molecule has 2 aromatic heterocycles. The highest BCUT2D eigenvalue weighted by atomic mass is 16.2. The maximum absolute atomic E-state index is 12.3. The predicted octanol–water partition coefficient (Wildman–Crippen LogP) is 2.74. The third-order valence-electron chi connectivity index (χ3n) is 5.17. The van der Waals surface area contributed by atoms with E-state index in [1.807, 2.05) is 18.2 Å². The second kappa shape index (κ2) is 7.17. The lowest BCUT2D eigenvalue weighted by Gasteiger charge is -2.24. The molecular weight excluding hydrogens is 314 g/mol. The zero-order valence-corrected chi connectivity index (χ0v) is 14.3. The van der Waals surface area contributed by atoms with Crippen LogP contribution in [0.1, 0.15) is 32.1 Å². The van der Waals surface area contributed by atoms with Gasteiger partial charge < -0.3 is 10.2 Å². The fourth-order valence-electron chi connectivity index (χ4n) is 3.87. The third kappa shape index (κ3) is 3.62. The maximum Gasteiger partial charge on any atom is 0.223 e. The molecule has 0 radical (unpaired) electrons. The molecular formula is C19H23N5O. The number of rotatable bonds is 5. The standard InChI is InChI=1S/C19H23N5O/c25-18-10-14(13-24(18)16-5-1-2-6-16)11-22-19-21-9-7-17(23-19)15-4-3-8-20-12-15/h3-4,7-9,12,14,16H,1-2,5-6,10-11,13H2,(H,21,22,23)/t14-/m0/s1. The summed E-state index contributed by atoms with van der Waals surface area (Å²) >= 11 is 0. The molecule has 25 heavy (non-hydrogen) atoms. The minimum atomic E-state index is 0.309. The molecule has 4 rings (SSSR count). The van der Waals surface area contributed by atoms with Crippen LogP contribution in [-0.4, -0.2) is 44.9 Å². The number of likely N-dealkylation sites (tertiary alicyclic amines) is 1. The summed E-state index contributed by atoms with van der Waals surface area (Å²) in [4.78, 5) is 27.4. The van der Waals surface area contributed by atoms with Crippen molar-refractivity contribution in [2.24, 2.45) is 5.92 Å². The molecule has 0 bridgehead atoms. The molecule has 1 atom stereocenters. The lowest BCUT2D eigenvalue weighted by atomic mass is 10.1. The van der Waals surface area contributed by atoms with Crippen LogP contribution in [-0.2, 0) is 4.79 Å². The van der Waals surface area contributed by atoms with E-state index >= 15 is 0 Å². The fourth-order valence-corrected chi connectivity index (χ4v) is 3.87. The summed E-state index contributed by atoms with van der Waals surface area (Å²) < 4.78 is 0. The van der Waals surface area contributed by atoms with Gasteiger partial charge in [-0.25, -0.2) is 9.97 Å². The number of aromatic nitrogens is 3. The number of hydrogen-bond donors (Lipinski definition) is 1. The minimum Gasteiger partial charge on any atom is -0.354 e. The molecule has 1 saturated carbocycles. The van der Waals surface area contributed by atoms with Crippen LogP contribution < -0.4 is 5.32 Å². The van der Waals surface area contributed by atoms with E-state index in [0.29, 0.717) is 30.2 Å². The van der Waals surface area contributed by atoms with Crippen molar-refractivity contribution in [3.8, 4) is 11.3 Å². The number of nitrogens with zero attached hydrogens (tertiary/aromatic N) is 4.